The first kappa shape index (κ1) is 11.5. The first-order valence-electron chi connectivity index (χ1n) is 5.35. The van der Waals surface area contributed by atoms with E-state index in [4.69, 9.17) is 0 Å². The van der Waals surface area contributed by atoms with Gasteiger partial charge in [0.25, 0.3) is 0 Å². The number of nitrogens with zero attached hydrogens (tertiary/aromatic N) is 1. The molecular weight excluding hydrogens is 220 g/mol. The van der Waals surface area contributed by atoms with Gasteiger partial charge in [-0.25, -0.2) is 0 Å². The van der Waals surface area contributed by atoms with Crippen molar-refractivity contribution in [3.8, 4) is 0 Å². The van der Waals surface area contributed by atoms with Crippen molar-refractivity contribution in [2.45, 2.75) is 23.6 Å². The molecule has 0 aromatic heterocycles. The molecule has 16 heavy (non-hydrogen) atoms. The fourth-order valence-electron chi connectivity index (χ4n) is 1.87. The summed E-state index contributed by atoms with van der Waals surface area (Å²) in [6, 6.07) is 6.30. The molecule has 0 aliphatic carbocycles. The van der Waals surface area contributed by atoms with Crippen LogP contribution in [-0.2, 0) is 11.3 Å². The summed E-state index contributed by atoms with van der Waals surface area (Å²) in [5, 5.41) is 3.14. The van der Waals surface area contributed by atoms with Gasteiger partial charge >= 0.3 is 0 Å². The molecule has 1 aliphatic heterocycles. The zero-order valence-electron chi connectivity index (χ0n) is 9.78. The standard InChI is InChI=1S/C12H16N2OS/c1-8-12(15)14(3)10-6-9(7-13-2)4-5-11(10)16-8/h4-6,8,13H,7H2,1-3H3. The van der Waals surface area contributed by atoms with Crippen molar-refractivity contribution >= 4 is 23.4 Å². The number of nitrogens with one attached hydrogen (secondary N) is 1. The lowest BCUT2D eigenvalue weighted by atomic mass is 10.1. The molecular formula is C12H16N2OS. The van der Waals surface area contributed by atoms with Crippen LogP contribution in [0.2, 0.25) is 0 Å². The Morgan fingerprint density at radius 2 is 2.25 bits per heavy atom. The van der Waals surface area contributed by atoms with E-state index in [1.807, 2.05) is 21.0 Å². The minimum Gasteiger partial charge on any atom is -0.316 e. The number of carbonyl (C=O) groups is 1. The van der Waals surface area contributed by atoms with Crippen LogP contribution in [0.1, 0.15) is 12.5 Å². The van der Waals surface area contributed by atoms with Crippen molar-refractivity contribution in [2.24, 2.45) is 0 Å². The van der Waals surface area contributed by atoms with Crippen molar-refractivity contribution in [3.63, 3.8) is 0 Å². The highest BCUT2D eigenvalue weighted by molar-refractivity contribution is 8.00. The van der Waals surface area contributed by atoms with Gasteiger partial charge in [-0.1, -0.05) is 6.07 Å². The van der Waals surface area contributed by atoms with Crippen LogP contribution in [0.3, 0.4) is 0 Å². The summed E-state index contributed by atoms with van der Waals surface area (Å²) in [4.78, 5) is 14.8. The van der Waals surface area contributed by atoms with E-state index in [1.165, 1.54) is 10.5 Å². The highest BCUT2D eigenvalue weighted by Gasteiger charge is 2.27. The van der Waals surface area contributed by atoms with Crippen molar-refractivity contribution in [1.82, 2.24) is 5.32 Å². The van der Waals surface area contributed by atoms with Crippen LogP contribution < -0.4 is 10.2 Å². The average molecular weight is 236 g/mol. The number of carbonyl (C=O) groups excluding carboxylic acids is 1. The van der Waals surface area contributed by atoms with Gasteiger partial charge in [0.15, 0.2) is 0 Å². The second-order valence-electron chi connectivity index (χ2n) is 3.99. The average Bonchev–Trinajstić information content (AvgIpc) is 2.28. The maximum Gasteiger partial charge on any atom is 0.239 e. The molecule has 0 bridgehead atoms. The molecule has 1 N–H and O–H groups in total. The minimum absolute atomic E-state index is 0.0210. The SMILES string of the molecule is CNCc1ccc2c(c1)N(C)C(=O)C(C)S2. The lowest BCUT2D eigenvalue weighted by molar-refractivity contribution is -0.117. The molecule has 2 rings (SSSR count). The van der Waals surface area contributed by atoms with Crippen LogP contribution in [0.5, 0.6) is 0 Å². The Labute approximate surface area is 100 Å². The van der Waals surface area contributed by atoms with Gasteiger partial charge in [0.05, 0.1) is 10.9 Å². The molecule has 0 fully saturated rings. The van der Waals surface area contributed by atoms with E-state index in [1.54, 1.807) is 16.7 Å². The Morgan fingerprint density at radius 1 is 1.50 bits per heavy atom. The summed E-state index contributed by atoms with van der Waals surface area (Å²) in [6.45, 7) is 2.78. The van der Waals surface area contributed by atoms with E-state index in [9.17, 15) is 4.79 Å². The number of rotatable bonds is 2. The quantitative estimate of drug-likeness (QED) is 0.850. The van der Waals surface area contributed by atoms with Crippen LogP contribution in [0.4, 0.5) is 5.69 Å². The Kier molecular flexibility index (Phi) is 3.21. The molecule has 0 saturated carbocycles. The summed E-state index contributed by atoms with van der Waals surface area (Å²) >= 11 is 1.64. The predicted octanol–water partition coefficient (Wildman–Crippen LogP) is 1.86. The molecule has 1 aliphatic rings. The zero-order valence-corrected chi connectivity index (χ0v) is 10.6. The molecule has 1 atom stereocenters. The van der Waals surface area contributed by atoms with E-state index in [2.05, 4.69) is 23.5 Å². The Bertz CT molecular complexity index is 419. The Balaban J connectivity index is 2.38. The fraction of sp³-hybridized carbons (Fsp3) is 0.417. The van der Waals surface area contributed by atoms with Crippen molar-refractivity contribution in [2.75, 3.05) is 19.0 Å². The number of fused-ring (bicyclic) bond motifs is 1. The summed E-state index contributed by atoms with van der Waals surface area (Å²) in [7, 11) is 3.77. The second-order valence-corrected chi connectivity index (χ2v) is 5.37. The second kappa shape index (κ2) is 4.47. The number of hydrogen-bond acceptors (Lipinski definition) is 3. The Hall–Kier alpha value is -1.000. The number of thioether (sulfide) groups is 1. The Morgan fingerprint density at radius 3 is 2.94 bits per heavy atom. The topological polar surface area (TPSA) is 32.3 Å². The fourth-order valence-corrected chi connectivity index (χ4v) is 2.97. The number of amides is 1. The van der Waals surface area contributed by atoms with Crippen molar-refractivity contribution in [1.29, 1.82) is 0 Å². The van der Waals surface area contributed by atoms with E-state index < -0.39 is 0 Å². The van der Waals surface area contributed by atoms with Crippen molar-refractivity contribution in [3.05, 3.63) is 23.8 Å². The van der Waals surface area contributed by atoms with E-state index in [0.29, 0.717) is 0 Å². The van der Waals surface area contributed by atoms with E-state index in [0.717, 1.165) is 12.2 Å². The van der Waals surface area contributed by atoms with Crippen LogP contribution in [-0.4, -0.2) is 25.3 Å². The largest absolute Gasteiger partial charge is 0.316 e. The van der Waals surface area contributed by atoms with Gasteiger partial charge in [-0.3, -0.25) is 4.79 Å². The van der Waals surface area contributed by atoms with Gasteiger partial charge in [0.1, 0.15) is 0 Å². The minimum atomic E-state index is 0.0210. The number of benzene rings is 1. The molecule has 0 spiro atoms. The molecule has 1 aromatic rings. The van der Waals surface area contributed by atoms with Gasteiger partial charge < -0.3 is 10.2 Å². The molecule has 0 saturated heterocycles. The lowest BCUT2D eigenvalue weighted by Gasteiger charge is -2.29. The van der Waals surface area contributed by atoms with Crippen LogP contribution in [0.15, 0.2) is 23.1 Å². The smallest absolute Gasteiger partial charge is 0.239 e. The molecule has 1 unspecified atom stereocenters. The maximum atomic E-state index is 11.8. The number of anilines is 1. The van der Waals surface area contributed by atoms with Crippen LogP contribution in [0.25, 0.3) is 0 Å². The van der Waals surface area contributed by atoms with Crippen LogP contribution >= 0.6 is 11.8 Å². The molecule has 3 nitrogen and oxygen atoms in total. The van der Waals surface area contributed by atoms with Gasteiger partial charge in [-0.15, -0.1) is 11.8 Å². The maximum absolute atomic E-state index is 11.8. The summed E-state index contributed by atoms with van der Waals surface area (Å²) < 4.78 is 0. The van der Waals surface area contributed by atoms with E-state index >= 15 is 0 Å². The van der Waals surface area contributed by atoms with E-state index in [-0.39, 0.29) is 11.2 Å². The molecule has 86 valence electrons. The van der Waals surface area contributed by atoms with Gasteiger partial charge in [0, 0.05) is 18.5 Å². The molecule has 1 aromatic carbocycles. The summed E-state index contributed by atoms with van der Waals surface area (Å²) in [5.74, 6) is 0.180. The highest BCUT2D eigenvalue weighted by Crippen LogP contribution is 2.38. The third kappa shape index (κ3) is 1.95. The number of hydrogen-bond donors (Lipinski definition) is 1. The van der Waals surface area contributed by atoms with Gasteiger partial charge in [-0.05, 0) is 31.7 Å². The molecule has 1 heterocycles. The van der Waals surface area contributed by atoms with Gasteiger partial charge in [-0.2, -0.15) is 0 Å². The highest BCUT2D eigenvalue weighted by atomic mass is 32.2. The molecule has 4 heteroatoms. The normalized spacial score (nSPS) is 19.8. The van der Waals surface area contributed by atoms with Crippen LogP contribution in [0, 0.1) is 0 Å². The van der Waals surface area contributed by atoms with Gasteiger partial charge in [0.2, 0.25) is 5.91 Å². The third-order valence-electron chi connectivity index (χ3n) is 2.75. The lowest BCUT2D eigenvalue weighted by Crippen LogP contribution is -2.36. The monoisotopic (exact) mass is 236 g/mol. The first-order valence-corrected chi connectivity index (χ1v) is 6.23. The predicted molar refractivity (Wildman–Crippen MR) is 67.9 cm³/mol. The molecule has 0 radical (unpaired) electrons. The first-order chi connectivity index (χ1) is 7.63. The summed E-state index contributed by atoms with van der Waals surface area (Å²) in [6.07, 6.45) is 0. The molecule has 1 amide bonds. The third-order valence-corrected chi connectivity index (χ3v) is 3.90. The van der Waals surface area contributed by atoms with Crippen molar-refractivity contribution < 1.29 is 4.79 Å². The summed E-state index contributed by atoms with van der Waals surface area (Å²) in [5.41, 5.74) is 2.23. The zero-order chi connectivity index (χ0) is 11.7.